The van der Waals surface area contributed by atoms with E-state index < -0.39 is 51.7 Å². The van der Waals surface area contributed by atoms with Gasteiger partial charge >= 0.3 is 35.7 Å². The van der Waals surface area contributed by atoms with Crippen LogP contribution >= 0.6 is 11.6 Å². The van der Waals surface area contributed by atoms with Gasteiger partial charge in [0.1, 0.15) is 22.3 Å². The van der Waals surface area contributed by atoms with Crippen molar-refractivity contribution in [1.29, 1.82) is 0 Å². The van der Waals surface area contributed by atoms with Crippen LogP contribution in [-0.2, 0) is 30.9 Å². The van der Waals surface area contributed by atoms with Crippen molar-refractivity contribution in [1.82, 2.24) is 15.5 Å². The molecule has 3 rings (SSSR count). The van der Waals surface area contributed by atoms with E-state index in [1.54, 1.807) is 18.2 Å². The van der Waals surface area contributed by atoms with Crippen molar-refractivity contribution in [2.24, 2.45) is 11.8 Å². The first-order chi connectivity index (χ1) is 16.8. The molecule has 2 aliphatic rings. The number of ether oxygens (including phenoxy) is 1. The van der Waals surface area contributed by atoms with Gasteiger partial charge in [-0.3, -0.25) is 14.5 Å². The summed E-state index contributed by atoms with van der Waals surface area (Å²) in [6.07, 6.45) is -0.505. The molecule has 2 aliphatic heterocycles. The van der Waals surface area contributed by atoms with Crippen molar-refractivity contribution in [3.8, 4) is 0 Å². The number of hydrogen-bond acceptors (Lipinski definition) is 8. The molecule has 5 atom stereocenters. The monoisotopic (exact) mass is 567 g/mol. The molecule has 0 bridgehead atoms. The van der Waals surface area contributed by atoms with Crippen LogP contribution < -0.4 is 40.2 Å². The molecule has 1 aromatic rings. The van der Waals surface area contributed by atoms with Crippen LogP contribution in [0.4, 0.5) is 4.79 Å². The normalized spacial score (nSPS) is 22.2. The van der Waals surface area contributed by atoms with Crippen molar-refractivity contribution in [3.05, 3.63) is 34.9 Å². The van der Waals surface area contributed by atoms with Crippen LogP contribution in [0, 0.1) is 11.8 Å². The topological polar surface area (TPSA) is 165 Å². The van der Waals surface area contributed by atoms with Gasteiger partial charge in [-0.1, -0.05) is 37.6 Å². The van der Waals surface area contributed by atoms with Gasteiger partial charge in [-0.05, 0) is 42.9 Å². The van der Waals surface area contributed by atoms with Crippen LogP contribution in [-0.4, -0.2) is 77.6 Å². The molecular formula is C23H31ClN3NaO8S. The third-order valence-corrected chi connectivity index (χ3v) is 7.45. The van der Waals surface area contributed by atoms with Crippen LogP contribution in [0.3, 0.4) is 0 Å². The van der Waals surface area contributed by atoms with Crippen LogP contribution in [0.25, 0.3) is 0 Å². The number of carbonyl (C=O) groups is 3. The Hall–Kier alpha value is -1.41. The molecule has 14 heteroatoms. The summed E-state index contributed by atoms with van der Waals surface area (Å²) in [4.78, 5) is 39.3. The van der Waals surface area contributed by atoms with Crippen molar-refractivity contribution in [2.75, 3.05) is 13.1 Å². The summed E-state index contributed by atoms with van der Waals surface area (Å²) in [5.41, 5.74) is -1.60. The van der Waals surface area contributed by atoms with E-state index in [1.807, 2.05) is 19.9 Å². The number of benzene rings is 1. The molecule has 0 radical (unpaired) electrons. The molecule has 0 saturated carbocycles. The third kappa shape index (κ3) is 8.81. The maximum absolute atomic E-state index is 13.3. The van der Waals surface area contributed by atoms with E-state index in [2.05, 4.69) is 10.6 Å². The Morgan fingerprint density at radius 2 is 2.05 bits per heavy atom. The molecule has 3 amide bonds. The van der Waals surface area contributed by atoms with Gasteiger partial charge in [-0.25, -0.2) is 13.2 Å². The van der Waals surface area contributed by atoms with E-state index in [9.17, 15) is 32.5 Å². The summed E-state index contributed by atoms with van der Waals surface area (Å²) >= 11 is 6.03. The molecule has 2 heterocycles. The molecule has 2 fully saturated rings. The van der Waals surface area contributed by atoms with Crippen molar-refractivity contribution >= 4 is 39.6 Å². The van der Waals surface area contributed by atoms with Gasteiger partial charge in [0.25, 0.3) is 0 Å². The van der Waals surface area contributed by atoms with Gasteiger partial charge in [0.15, 0.2) is 5.44 Å². The zero-order chi connectivity index (χ0) is 26.6. The Labute approximate surface area is 243 Å². The van der Waals surface area contributed by atoms with E-state index in [0.29, 0.717) is 24.4 Å². The molecule has 0 aromatic heterocycles. The number of carbonyl (C=O) groups excluding carboxylic acids is 3. The second-order valence-electron chi connectivity index (χ2n) is 9.65. The summed E-state index contributed by atoms with van der Waals surface area (Å²) in [6, 6.07) is 4.54. The summed E-state index contributed by atoms with van der Waals surface area (Å²) in [6.45, 7) is 4.17. The van der Waals surface area contributed by atoms with Gasteiger partial charge in [-0.15, -0.1) is 0 Å². The zero-order valence-electron chi connectivity index (χ0n) is 21.1. The molecule has 37 heavy (non-hydrogen) atoms. The SMILES string of the molecule is CC(C)C[C@@H](C(=O)N[C@@H](C[C@@H]1CCNC1=O)C(O)S(=O)(=O)[O-])N1CC(Cc2cccc(Cl)c2)OC1=O.[Na+]. The maximum atomic E-state index is 13.3. The quantitative estimate of drug-likeness (QED) is 0.204. The van der Waals surface area contributed by atoms with E-state index in [1.165, 1.54) is 4.90 Å². The van der Waals surface area contributed by atoms with Crippen LogP contribution in [0.2, 0.25) is 5.02 Å². The second-order valence-corrected chi connectivity index (χ2v) is 11.6. The molecule has 2 saturated heterocycles. The van der Waals surface area contributed by atoms with Crippen molar-refractivity contribution in [3.63, 3.8) is 0 Å². The van der Waals surface area contributed by atoms with E-state index in [-0.39, 0.29) is 60.8 Å². The predicted molar refractivity (Wildman–Crippen MR) is 129 cm³/mol. The number of cyclic esters (lactones) is 1. The molecular weight excluding hydrogens is 537 g/mol. The summed E-state index contributed by atoms with van der Waals surface area (Å²) < 4.78 is 40.1. The van der Waals surface area contributed by atoms with Gasteiger partial charge in [0.05, 0.1) is 12.6 Å². The smallest absolute Gasteiger partial charge is 0.746 e. The largest absolute Gasteiger partial charge is 1.00 e. The number of amides is 3. The Morgan fingerprint density at radius 3 is 2.62 bits per heavy atom. The fourth-order valence-corrected chi connectivity index (χ4v) is 5.35. The Morgan fingerprint density at radius 1 is 1.35 bits per heavy atom. The average molecular weight is 568 g/mol. The second kappa shape index (κ2) is 13.6. The summed E-state index contributed by atoms with van der Waals surface area (Å²) in [5, 5.41) is 15.8. The Balaban J connectivity index is 0.00000481. The number of aliphatic hydroxyl groups is 1. The third-order valence-electron chi connectivity index (χ3n) is 6.30. The number of hydrogen-bond donors (Lipinski definition) is 3. The van der Waals surface area contributed by atoms with E-state index >= 15 is 0 Å². The van der Waals surface area contributed by atoms with Gasteiger partial charge in [0, 0.05) is 23.9 Å². The standard InChI is InChI=1S/C23H32ClN3O8S.Na/c1-13(2)8-19(27-12-17(35-23(27)31)10-14-4-3-5-16(24)9-14)21(29)26-18(22(30)36(32,33)34)11-15-6-7-25-20(15)28;/h3-5,9,13,15,17-19,22,30H,6-8,10-12H2,1-2H3,(H,25,28)(H,26,29)(H,32,33,34);/q;+1/p-1/t15-,17?,18-,19-,22?;/m0./s1. The van der Waals surface area contributed by atoms with Crippen molar-refractivity contribution < 1.29 is 66.8 Å². The Bertz CT molecular complexity index is 1090. The van der Waals surface area contributed by atoms with Crippen LogP contribution in [0.1, 0.15) is 38.7 Å². The molecule has 3 N–H and O–H groups in total. The molecule has 200 valence electrons. The van der Waals surface area contributed by atoms with Crippen molar-refractivity contribution in [2.45, 2.75) is 63.2 Å². The van der Waals surface area contributed by atoms with Crippen LogP contribution in [0.15, 0.2) is 24.3 Å². The number of aliphatic hydroxyl groups excluding tert-OH is 1. The number of halogens is 1. The van der Waals surface area contributed by atoms with E-state index in [0.717, 1.165) is 5.56 Å². The fourth-order valence-electron chi connectivity index (χ4n) is 4.55. The first-order valence-electron chi connectivity index (χ1n) is 11.8. The number of nitrogens with zero attached hydrogens (tertiary/aromatic N) is 1. The fraction of sp³-hybridized carbons (Fsp3) is 0.609. The van der Waals surface area contributed by atoms with Gasteiger partial charge in [-0.2, -0.15) is 0 Å². The minimum absolute atomic E-state index is 0. The maximum Gasteiger partial charge on any atom is 1.00 e. The molecule has 0 spiro atoms. The van der Waals surface area contributed by atoms with Crippen LogP contribution in [0.5, 0.6) is 0 Å². The first-order valence-corrected chi connectivity index (χ1v) is 13.6. The van der Waals surface area contributed by atoms with Gasteiger partial charge in [0.2, 0.25) is 11.8 Å². The van der Waals surface area contributed by atoms with E-state index in [4.69, 9.17) is 16.3 Å². The predicted octanol–water partition coefficient (Wildman–Crippen LogP) is -2.00. The number of rotatable bonds is 11. The Kier molecular flexibility index (Phi) is 11.7. The summed E-state index contributed by atoms with van der Waals surface area (Å²) in [5.74, 6) is -1.80. The number of nitrogens with one attached hydrogen (secondary N) is 2. The van der Waals surface area contributed by atoms with Gasteiger partial charge < -0.3 is 25.0 Å². The molecule has 1 aromatic carbocycles. The first kappa shape index (κ1) is 31.8. The summed E-state index contributed by atoms with van der Waals surface area (Å²) in [7, 11) is -5.19. The molecule has 11 nitrogen and oxygen atoms in total. The minimum Gasteiger partial charge on any atom is -0.746 e. The minimum atomic E-state index is -5.19. The zero-order valence-corrected chi connectivity index (χ0v) is 24.6. The average Bonchev–Trinajstić information content (AvgIpc) is 3.34. The molecule has 2 unspecified atom stereocenters. The molecule has 0 aliphatic carbocycles.